The van der Waals surface area contributed by atoms with Crippen molar-refractivity contribution < 1.29 is 37.4 Å². The molecule has 0 aliphatic carbocycles. The lowest BCUT2D eigenvalue weighted by Crippen LogP contribution is -2.15. The van der Waals surface area contributed by atoms with Crippen LogP contribution in [0.2, 0.25) is 0 Å². The molecule has 2 aromatic carbocycles. The van der Waals surface area contributed by atoms with Gasteiger partial charge in [0.2, 0.25) is 0 Å². The van der Waals surface area contributed by atoms with Gasteiger partial charge in [-0.25, -0.2) is 4.98 Å². The van der Waals surface area contributed by atoms with Crippen molar-refractivity contribution in [3.8, 4) is 23.0 Å². The Morgan fingerprint density at radius 2 is 1.94 bits per heavy atom. The number of rotatable bonds is 6. The van der Waals surface area contributed by atoms with Crippen LogP contribution < -0.4 is 24.3 Å². The molecule has 0 fully saturated rings. The minimum Gasteiger partial charge on any atom is -0.493 e. The zero-order chi connectivity index (χ0) is 22.1. The minimum absolute atomic E-state index is 0.170. The van der Waals surface area contributed by atoms with E-state index in [1.165, 1.54) is 0 Å². The molecule has 0 saturated carbocycles. The molecule has 0 bridgehead atoms. The number of benzene rings is 2. The van der Waals surface area contributed by atoms with E-state index in [1.807, 2.05) is 0 Å². The standard InChI is InChI=1S/C18H13F2N3O7S/c1-27-11-4-8(10(23(25)26)6-14(11)30-17(19)20)16(24)22-18-21-9-5-12-13(7-15(9)31-18)29-3-2-28-12/h4-7,17H,2-3H2,1H3,(H,21,22,24). The molecule has 2 heterocycles. The lowest BCUT2D eigenvalue weighted by atomic mass is 10.1. The monoisotopic (exact) mass is 453 g/mol. The number of nitrogens with one attached hydrogen (secondary N) is 1. The fourth-order valence-corrected chi connectivity index (χ4v) is 3.78. The summed E-state index contributed by atoms with van der Waals surface area (Å²) in [5, 5.41) is 14.1. The Morgan fingerprint density at radius 1 is 1.23 bits per heavy atom. The molecule has 0 radical (unpaired) electrons. The van der Waals surface area contributed by atoms with Gasteiger partial charge in [0.15, 0.2) is 28.1 Å². The van der Waals surface area contributed by atoms with Crippen molar-refractivity contribution in [3.05, 3.63) is 39.9 Å². The van der Waals surface area contributed by atoms with Gasteiger partial charge in [0, 0.05) is 18.2 Å². The molecule has 162 valence electrons. The largest absolute Gasteiger partial charge is 0.493 e. The van der Waals surface area contributed by atoms with Crippen molar-refractivity contribution >= 4 is 38.3 Å². The van der Waals surface area contributed by atoms with Gasteiger partial charge in [-0.2, -0.15) is 8.78 Å². The summed E-state index contributed by atoms with van der Waals surface area (Å²) in [6.45, 7) is -2.41. The highest BCUT2D eigenvalue weighted by Gasteiger charge is 2.27. The van der Waals surface area contributed by atoms with Crippen molar-refractivity contribution in [2.75, 3.05) is 25.6 Å². The second-order valence-electron chi connectivity index (χ2n) is 6.09. The first-order chi connectivity index (χ1) is 14.9. The van der Waals surface area contributed by atoms with Crippen LogP contribution in [0.4, 0.5) is 19.6 Å². The number of thiazole rings is 1. The van der Waals surface area contributed by atoms with E-state index >= 15 is 0 Å². The molecule has 1 N–H and O–H groups in total. The third-order valence-corrected chi connectivity index (χ3v) is 5.15. The highest BCUT2D eigenvalue weighted by atomic mass is 32.1. The first kappa shape index (κ1) is 20.5. The predicted octanol–water partition coefficient (Wildman–Crippen LogP) is 3.84. The van der Waals surface area contributed by atoms with Gasteiger partial charge < -0.3 is 18.9 Å². The third-order valence-electron chi connectivity index (χ3n) is 4.21. The molecular weight excluding hydrogens is 440 g/mol. The highest BCUT2D eigenvalue weighted by molar-refractivity contribution is 7.22. The molecule has 13 heteroatoms. The number of methoxy groups -OCH3 is 1. The molecule has 1 amide bonds. The maximum atomic E-state index is 12.7. The van der Waals surface area contributed by atoms with E-state index in [-0.39, 0.29) is 10.9 Å². The number of alkyl halides is 2. The fraction of sp³-hybridized carbons (Fsp3) is 0.222. The summed E-state index contributed by atoms with van der Waals surface area (Å²) < 4.78 is 46.0. The van der Waals surface area contributed by atoms with E-state index in [0.717, 1.165) is 24.5 Å². The molecule has 0 atom stereocenters. The number of amides is 1. The molecule has 0 unspecified atom stereocenters. The second kappa shape index (κ2) is 8.18. The number of hydrogen-bond acceptors (Lipinski definition) is 9. The van der Waals surface area contributed by atoms with Crippen LogP contribution in [0.3, 0.4) is 0 Å². The Balaban J connectivity index is 1.66. The first-order valence-electron chi connectivity index (χ1n) is 8.68. The van der Waals surface area contributed by atoms with E-state index in [1.54, 1.807) is 12.1 Å². The average molecular weight is 453 g/mol. The quantitative estimate of drug-likeness (QED) is 0.441. The molecule has 4 rings (SSSR count). The van der Waals surface area contributed by atoms with E-state index in [2.05, 4.69) is 15.0 Å². The number of aromatic nitrogens is 1. The Morgan fingerprint density at radius 3 is 2.58 bits per heavy atom. The molecule has 3 aromatic rings. The Labute approximate surface area is 176 Å². The number of anilines is 1. The highest BCUT2D eigenvalue weighted by Crippen LogP contribution is 2.39. The lowest BCUT2D eigenvalue weighted by Gasteiger charge is -2.17. The van der Waals surface area contributed by atoms with Crippen LogP contribution in [0, 0.1) is 10.1 Å². The topological polar surface area (TPSA) is 122 Å². The third kappa shape index (κ3) is 4.12. The molecule has 1 aliphatic heterocycles. The molecule has 0 saturated heterocycles. The van der Waals surface area contributed by atoms with Crippen LogP contribution in [-0.2, 0) is 0 Å². The number of carbonyl (C=O) groups is 1. The van der Waals surface area contributed by atoms with Crippen molar-refractivity contribution in [1.29, 1.82) is 0 Å². The summed E-state index contributed by atoms with van der Waals surface area (Å²) in [5.74, 6) is -0.620. The summed E-state index contributed by atoms with van der Waals surface area (Å²) in [6.07, 6.45) is 0. The fourth-order valence-electron chi connectivity index (χ4n) is 2.91. The van der Waals surface area contributed by atoms with Crippen molar-refractivity contribution in [2.24, 2.45) is 0 Å². The zero-order valence-electron chi connectivity index (χ0n) is 15.7. The zero-order valence-corrected chi connectivity index (χ0v) is 16.5. The van der Waals surface area contributed by atoms with E-state index in [0.29, 0.717) is 41.0 Å². The van der Waals surface area contributed by atoms with Crippen molar-refractivity contribution in [2.45, 2.75) is 6.61 Å². The first-order valence-corrected chi connectivity index (χ1v) is 9.50. The number of hydrogen-bond donors (Lipinski definition) is 1. The van der Waals surface area contributed by atoms with Gasteiger partial charge in [0.25, 0.3) is 11.6 Å². The Hall–Kier alpha value is -3.74. The second-order valence-corrected chi connectivity index (χ2v) is 7.12. The number of fused-ring (bicyclic) bond motifs is 2. The molecule has 0 spiro atoms. The normalized spacial score (nSPS) is 12.6. The van der Waals surface area contributed by atoms with Gasteiger partial charge in [-0.1, -0.05) is 11.3 Å². The summed E-state index contributed by atoms with van der Waals surface area (Å²) in [6, 6.07) is 5.05. The average Bonchev–Trinajstić information content (AvgIpc) is 3.11. The van der Waals surface area contributed by atoms with Crippen molar-refractivity contribution in [1.82, 2.24) is 4.98 Å². The van der Waals surface area contributed by atoms with Crippen LogP contribution in [0.15, 0.2) is 24.3 Å². The Bertz CT molecular complexity index is 1140. The van der Waals surface area contributed by atoms with Gasteiger partial charge in [0.1, 0.15) is 18.8 Å². The van der Waals surface area contributed by atoms with Crippen LogP contribution in [0.25, 0.3) is 10.2 Å². The molecule has 31 heavy (non-hydrogen) atoms. The molecule has 1 aliphatic rings. The molecule has 10 nitrogen and oxygen atoms in total. The van der Waals surface area contributed by atoms with Gasteiger partial charge in [-0.3, -0.25) is 20.2 Å². The van der Waals surface area contributed by atoms with Gasteiger partial charge in [-0.15, -0.1) is 0 Å². The summed E-state index contributed by atoms with van der Waals surface area (Å²) >= 11 is 1.13. The van der Waals surface area contributed by atoms with E-state index in [9.17, 15) is 23.7 Å². The maximum Gasteiger partial charge on any atom is 0.387 e. The summed E-state index contributed by atoms with van der Waals surface area (Å²) in [7, 11) is 1.15. The van der Waals surface area contributed by atoms with Crippen LogP contribution in [0.1, 0.15) is 10.4 Å². The van der Waals surface area contributed by atoms with E-state index < -0.39 is 34.4 Å². The van der Waals surface area contributed by atoms with Crippen LogP contribution in [0.5, 0.6) is 23.0 Å². The van der Waals surface area contributed by atoms with Crippen molar-refractivity contribution in [3.63, 3.8) is 0 Å². The maximum absolute atomic E-state index is 12.7. The predicted molar refractivity (Wildman–Crippen MR) is 105 cm³/mol. The molecule has 1 aromatic heterocycles. The lowest BCUT2D eigenvalue weighted by molar-refractivity contribution is -0.385. The van der Waals surface area contributed by atoms with Gasteiger partial charge in [-0.05, 0) is 0 Å². The summed E-state index contributed by atoms with van der Waals surface area (Å²) in [5.41, 5.74) is -0.599. The minimum atomic E-state index is -3.23. The van der Waals surface area contributed by atoms with Gasteiger partial charge in [0.05, 0.1) is 28.3 Å². The number of nitrogens with zero attached hydrogens (tertiary/aromatic N) is 2. The Kier molecular flexibility index (Phi) is 5.42. The molecular formula is C18H13F2N3O7S. The van der Waals surface area contributed by atoms with E-state index in [4.69, 9.17) is 14.2 Å². The van der Waals surface area contributed by atoms with Crippen LogP contribution >= 0.6 is 11.3 Å². The number of nitro benzene ring substituents is 1. The van der Waals surface area contributed by atoms with Crippen LogP contribution in [-0.4, -0.2) is 42.7 Å². The SMILES string of the molecule is COc1cc(C(=O)Nc2nc3cc4c(cc3s2)OCCO4)c([N+](=O)[O-])cc1OC(F)F. The van der Waals surface area contributed by atoms with Gasteiger partial charge >= 0.3 is 6.61 Å². The number of nitro groups is 1. The summed E-state index contributed by atoms with van der Waals surface area (Å²) in [4.78, 5) is 27.5. The smallest absolute Gasteiger partial charge is 0.387 e. The number of ether oxygens (including phenoxy) is 4. The number of halogens is 2. The number of carbonyl (C=O) groups excluding carboxylic acids is 1.